The van der Waals surface area contributed by atoms with E-state index in [1.165, 1.54) is 49.9 Å². The second-order valence-corrected chi connectivity index (χ2v) is 25.5. The molecule has 536 valence electrons. The van der Waals surface area contributed by atoms with E-state index in [9.17, 15) is 87.9 Å². The lowest BCUT2D eigenvalue weighted by Crippen LogP contribution is -2.62. The summed E-state index contributed by atoms with van der Waals surface area (Å²) >= 11 is 9.84. The van der Waals surface area contributed by atoms with Gasteiger partial charge in [-0.1, -0.05) is 26.0 Å². The van der Waals surface area contributed by atoms with Gasteiger partial charge in [0, 0.05) is 30.9 Å². The number of nitrogens with one attached hydrogen (secondary N) is 10. The van der Waals surface area contributed by atoms with Crippen LogP contribution in [0, 0.1) is 5.92 Å². The first-order valence-electron chi connectivity index (χ1n) is 31.6. The standard InChI is InChI=1S/C60H100N14O18S3/c1-31(2)26-37(63)50(82)64-38(12-7-9-22-61)52(84)70-44(29-93)56(88)68-42(27-35-15-17-36(79)18-16-35)54(86)73-49(34(5)78)59(91)71-45(30-94)55(87)65-39(13-8-10-23-62)51(83)67-41(19-20-47(80)81)60(92)74-24-11-14-46(74)57(89)66-40(21-25-95-6)53(85)72-48(33(4)77)58(90)69-43(28-75)32(3)76/h15-18,28,31-34,37-46,48-49,76-79,93-94H,7-14,19-27,29-30,61-63H2,1-6H3,(H,64,82)(H,65,87)(H,66,89)(H,67,83)(H,68,88)(H,69,90)(H,70,84)(H,71,91)(H,72,85)(H,73,86)(H,80,81)/t32-,33-,34-,37+,38+,39+,40+,41+,42+,43-,44+,45+,46+,48+,49+/m1/s1. The molecular formula is C60H100N14O18S3. The van der Waals surface area contributed by atoms with Crippen molar-refractivity contribution in [2.45, 2.75) is 209 Å². The average Bonchev–Trinajstić information content (AvgIpc) is 1.81. The molecule has 0 bridgehead atoms. The number of aromatic hydroxyl groups is 1. The van der Waals surface area contributed by atoms with Gasteiger partial charge < -0.3 is 106 Å². The fourth-order valence-corrected chi connectivity index (χ4v) is 10.9. The summed E-state index contributed by atoms with van der Waals surface area (Å²) in [7, 11) is 0. The van der Waals surface area contributed by atoms with E-state index >= 15 is 0 Å². The van der Waals surface area contributed by atoms with E-state index < -0.39 is 180 Å². The molecule has 0 radical (unpaired) electrons. The first-order valence-corrected chi connectivity index (χ1v) is 34.2. The molecule has 1 saturated heterocycles. The van der Waals surface area contributed by atoms with E-state index in [-0.39, 0.29) is 81.7 Å². The molecule has 1 heterocycles. The van der Waals surface area contributed by atoms with Crippen molar-refractivity contribution in [1.82, 2.24) is 58.1 Å². The maximum absolute atomic E-state index is 14.5. The maximum atomic E-state index is 14.5. The van der Waals surface area contributed by atoms with E-state index in [0.717, 1.165) is 11.8 Å². The van der Waals surface area contributed by atoms with E-state index in [4.69, 9.17) is 17.2 Å². The van der Waals surface area contributed by atoms with Crippen LogP contribution in [0.1, 0.15) is 117 Å². The number of nitrogens with two attached hydrogens (primary N) is 3. The van der Waals surface area contributed by atoms with Crippen LogP contribution in [0.4, 0.5) is 0 Å². The fourth-order valence-electron chi connectivity index (χ4n) is 9.87. The molecule has 2 rings (SSSR count). The molecule has 0 saturated carbocycles. The minimum Gasteiger partial charge on any atom is -0.508 e. The third-order valence-corrected chi connectivity index (χ3v) is 16.7. The normalized spacial score (nSPS) is 17.3. The van der Waals surface area contributed by atoms with Crippen LogP contribution in [0.15, 0.2) is 24.3 Å². The smallest absolute Gasteiger partial charge is 0.303 e. The zero-order chi connectivity index (χ0) is 71.6. The van der Waals surface area contributed by atoms with Crippen LogP contribution >= 0.6 is 37.0 Å². The van der Waals surface area contributed by atoms with Gasteiger partial charge in [-0.2, -0.15) is 37.0 Å². The second-order valence-electron chi connectivity index (χ2n) is 23.7. The number of hydrogen-bond acceptors (Lipinski definition) is 23. The summed E-state index contributed by atoms with van der Waals surface area (Å²) < 4.78 is 0. The van der Waals surface area contributed by atoms with Gasteiger partial charge in [0.15, 0.2) is 0 Å². The van der Waals surface area contributed by atoms with Crippen molar-refractivity contribution in [3.63, 3.8) is 0 Å². The van der Waals surface area contributed by atoms with Gasteiger partial charge in [-0.05, 0) is 140 Å². The number of hydrogen-bond donors (Lipinski definition) is 20. The third-order valence-electron chi connectivity index (χ3n) is 15.3. The number of aliphatic hydroxyl groups is 3. The van der Waals surface area contributed by atoms with Crippen LogP contribution < -0.4 is 70.4 Å². The lowest BCUT2D eigenvalue weighted by Gasteiger charge is -2.31. The van der Waals surface area contributed by atoms with Gasteiger partial charge in [0.25, 0.3) is 0 Å². The Kier molecular flexibility index (Phi) is 39.1. The van der Waals surface area contributed by atoms with E-state index in [1.807, 2.05) is 13.8 Å². The summed E-state index contributed by atoms with van der Waals surface area (Å²) in [5.74, 6) is -12.0. The number of carboxylic acid groups (broad SMARTS) is 1. The van der Waals surface area contributed by atoms with Gasteiger partial charge in [-0.15, -0.1) is 0 Å². The SMILES string of the molecule is CSCC[C@H](NC(=O)[C@@H]1CCCN1C(=O)[C@H](CCC(=O)O)NC(=O)[C@H](CCCCN)NC(=O)[C@H](CS)NC(=O)[C@@H](NC(=O)[C@H](Cc1ccc(O)cc1)NC(=O)[C@H](CS)NC(=O)[C@H](CCCCN)NC(=O)[C@@H](N)CC(C)C)[C@@H](C)O)C(=O)N[C@H](C(=O)N[C@H](C=O)[C@@H](C)O)[C@@H](C)O. The van der Waals surface area contributed by atoms with E-state index in [0.29, 0.717) is 43.5 Å². The first kappa shape index (κ1) is 84.2. The summed E-state index contributed by atoms with van der Waals surface area (Å²) in [6, 6.07) is -11.7. The lowest BCUT2D eigenvalue weighted by atomic mass is 10.0. The highest BCUT2D eigenvalue weighted by Crippen LogP contribution is 2.22. The fraction of sp³-hybridized carbons (Fsp3) is 0.683. The number of aliphatic carboxylic acids is 1. The van der Waals surface area contributed by atoms with Crippen LogP contribution in [0.25, 0.3) is 0 Å². The van der Waals surface area contributed by atoms with Gasteiger partial charge in [-0.25, -0.2) is 0 Å². The zero-order valence-electron chi connectivity index (χ0n) is 54.6. The Morgan fingerprint density at radius 2 is 1.02 bits per heavy atom. The molecule has 1 fully saturated rings. The van der Waals surface area contributed by atoms with Crippen molar-refractivity contribution in [2.24, 2.45) is 23.1 Å². The highest BCUT2D eigenvalue weighted by atomic mass is 32.2. The molecule has 21 N–H and O–H groups in total. The number of phenolic OH excluding ortho intramolecular Hbond substituents is 1. The van der Waals surface area contributed by atoms with Crippen molar-refractivity contribution in [3.8, 4) is 5.75 Å². The number of benzene rings is 1. The number of carbonyl (C=O) groups excluding carboxylic acids is 12. The highest BCUT2D eigenvalue weighted by molar-refractivity contribution is 7.98. The number of unbranched alkanes of at least 4 members (excludes halogenated alkanes) is 2. The number of thiol groups is 2. The summed E-state index contributed by atoms with van der Waals surface area (Å²) in [5.41, 5.74) is 17.9. The van der Waals surface area contributed by atoms with Gasteiger partial charge in [0.05, 0.1) is 24.4 Å². The van der Waals surface area contributed by atoms with Crippen molar-refractivity contribution in [2.75, 3.05) is 43.1 Å². The summed E-state index contributed by atoms with van der Waals surface area (Å²) in [6.45, 7) is 7.72. The maximum Gasteiger partial charge on any atom is 0.303 e. The van der Waals surface area contributed by atoms with Crippen LogP contribution in [-0.4, -0.2) is 242 Å². The molecule has 35 heteroatoms. The topological polar surface area (TPSA) is 525 Å². The number of phenols is 1. The van der Waals surface area contributed by atoms with Crippen molar-refractivity contribution < 1.29 is 87.9 Å². The van der Waals surface area contributed by atoms with Crippen LogP contribution in [0.2, 0.25) is 0 Å². The molecule has 0 unspecified atom stereocenters. The molecule has 1 aliphatic heterocycles. The Labute approximate surface area is 568 Å². The molecule has 1 aromatic rings. The van der Waals surface area contributed by atoms with Gasteiger partial charge >= 0.3 is 5.97 Å². The molecule has 0 aromatic heterocycles. The molecule has 0 spiro atoms. The Bertz CT molecular complexity index is 2700. The van der Waals surface area contributed by atoms with Gasteiger partial charge in [0.1, 0.15) is 78.5 Å². The first-order chi connectivity index (χ1) is 44.9. The number of aldehydes is 1. The Hall–Kier alpha value is -6.86. The number of likely N-dealkylation sites (tertiary alicyclic amines) is 1. The number of amides is 11. The number of nitrogens with zero attached hydrogens (tertiary/aromatic N) is 1. The molecule has 11 amide bonds. The molecule has 95 heavy (non-hydrogen) atoms. The molecule has 32 nitrogen and oxygen atoms in total. The van der Waals surface area contributed by atoms with E-state index in [1.54, 1.807) is 6.26 Å². The third kappa shape index (κ3) is 29.6. The lowest BCUT2D eigenvalue weighted by molar-refractivity contribution is -0.143. The number of carbonyl (C=O) groups is 13. The zero-order valence-corrected chi connectivity index (χ0v) is 57.2. The predicted octanol–water partition coefficient (Wildman–Crippen LogP) is -4.78. The van der Waals surface area contributed by atoms with Crippen LogP contribution in [-0.2, 0) is 68.7 Å². The Balaban J connectivity index is 2.42. The van der Waals surface area contributed by atoms with E-state index in [2.05, 4.69) is 78.4 Å². The quantitative estimate of drug-likeness (QED) is 0.0166. The molecular weight excluding hydrogens is 1300 g/mol. The highest BCUT2D eigenvalue weighted by Gasteiger charge is 2.42. The Morgan fingerprint density at radius 1 is 0.579 bits per heavy atom. The van der Waals surface area contributed by atoms with Gasteiger partial charge in [-0.3, -0.25) is 57.5 Å². The Morgan fingerprint density at radius 3 is 1.48 bits per heavy atom. The summed E-state index contributed by atoms with van der Waals surface area (Å²) in [5, 5.41) is 75.9. The van der Waals surface area contributed by atoms with Crippen molar-refractivity contribution in [3.05, 3.63) is 29.8 Å². The summed E-state index contributed by atoms with van der Waals surface area (Å²) in [6.07, 6.45) is -1.86. The monoisotopic (exact) mass is 1400 g/mol. The molecule has 1 aromatic carbocycles. The van der Waals surface area contributed by atoms with Crippen molar-refractivity contribution in [1.29, 1.82) is 0 Å². The minimum atomic E-state index is -1.85. The second kappa shape index (κ2) is 44.1. The number of rotatable bonds is 45. The number of aliphatic hydroxyl groups excluding tert-OH is 3. The van der Waals surface area contributed by atoms with Gasteiger partial charge in [0.2, 0.25) is 65.0 Å². The number of carboxylic acids is 1. The van der Waals surface area contributed by atoms with Crippen LogP contribution in [0.5, 0.6) is 5.75 Å². The molecule has 0 aliphatic carbocycles. The summed E-state index contributed by atoms with van der Waals surface area (Å²) in [4.78, 5) is 178. The average molecular weight is 1400 g/mol. The predicted molar refractivity (Wildman–Crippen MR) is 358 cm³/mol. The largest absolute Gasteiger partial charge is 0.508 e. The molecule has 15 atom stereocenters. The minimum absolute atomic E-state index is 0.00607. The number of thioether (sulfide) groups is 1. The van der Waals surface area contributed by atoms with Crippen LogP contribution in [0.3, 0.4) is 0 Å². The molecule has 1 aliphatic rings. The van der Waals surface area contributed by atoms with Crippen molar-refractivity contribution >= 4 is 114 Å².